The van der Waals surface area contributed by atoms with Crippen molar-refractivity contribution in [1.82, 2.24) is 9.88 Å². The highest BCUT2D eigenvalue weighted by Gasteiger charge is 2.15. The normalized spacial score (nSPS) is 9.76. The van der Waals surface area contributed by atoms with Crippen molar-refractivity contribution in [2.45, 2.75) is 6.42 Å². The van der Waals surface area contributed by atoms with Crippen LogP contribution in [0.4, 0.5) is 0 Å². The minimum atomic E-state index is -0.421. The van der Waals surface area contributed by atoms with Crippen LogP contribution in [0.5, 0.6) is 0 Å². The summed E-state index contributed by atoms with van der Waals surface area (Å²) >= 11 is 0. The van der Waals surface area contributed by atoms with Crippen molar-refractivity contribution in [3.05, 3.63) is 34.2 Å². The van der Waals surface area contributed by atoms with E-state index in [9.17, 15) is 14.4 Å². The summed E-state index contributed by atoms with van der Waals surface area (Å²) < 4.78 is 4.46. The molecule has 6 nitrogen and oxygen atoms in total. The highest BCUT2D eigenvalue weighted by molar-refractivity contribution is 5.93. The number of pyridine rings is 1. The van der Waals surface area contributed by atoms with Gasteiger partial charge in [0.15, 0.2) is 5.43 Å². The zero-order chi connectivity index (χ0) is 12.8. The number of H-pyrrole nitrogens is 1. The van der Waals surface area contributed by atoms with Crippen LogP contribution < -0.4 is 5.43 Å². The third kappa shape index (κ3) is 3.44. The Morgan fingerprint density at radius 1 is 1.47 bits per heavy atom. The number of ether oxygens (including phenoxy) is 1. The van der Waals surface area contributed by atoms with Crippen LogP contribution in [0.15, 0.2) is 23.3 Å². The summed E-state index contributed by atoms with van der Waals surface area (Å²) in [4.78, 5) is 38.1. The van der Waals surface area contributed by atoms with Crippen LogP contribution in [-0.4, -0.2) is 42.5 Å². The van der Waals surface area contributed by atoms with Gasteiger partial charge in [0.2, 0.25) is 0 Å². The molecule has 1 amide bonds. The molecule has 92 valence electrons. The third-order valence-electron chi connectivity index (χ3n) is 2.28. The molecule has 0 radical (unpaired) electrons. The van der Waals surface area contributed by atoms with Gasteiger partial charge in [-0.05, 0) is 0 Å². The second-order valence-electron chi connectivity index (χ2n) is 3.48. The molecule has 1 aromatic heterocycles. The van der Waals surface area contributed by atoms with E-state index in [4.69, 9.17) is 0 Å². The maximum absolute atomic E-state index is 11.8. The molecule has 6 heteroatoms. The van der Waals surface area contributed by atoms with E-state index in [2.05, 4.69) is 9.72 Å². The number of nitrogens with zero attached hydrogens (tertiary/aromatic N) is 1. The molecule has 0 fully saturated rings. The van der Waals surface area contributed by atoms with Gasteiger partial charge in [0.05, 0.1) is 13.5 Å². The van der Waals surface area contributed by atoms with Gasteiger partial charge >= 0.3 is 5.97 Å². The maximum Gasteiger partial charge on any atom is 0.307 e. The number of methoxy groups -OCH3 is 1. The predicted octanol–water partition coefficient (Wildman–Crippen LogP) is 0.01000. The monoisotopic (exact) mass is 238 g/mol. The fraction of sp³-hybridized carbons (Fsp3) is 0.364. The molecule has 0 spiro atoms. The van der Waals surface area contributed by atoms with Crippen LogP contribution in [0.1, 0.15) is 16.8 Å². The highest BCUT2D eigenvalue weighted by Crippen LogP contribution is 1.98. The van der Waals surface area contributed by atoms with Gasteiger partial charge in [-0.25, -0.2) is 0 Å². The first-order valence-electron chi connectivity index (χ1n) is 5.05. The molecule has 17 heavy (non-hydrogen) atoms. The minimum Gasteiger partial charge on any atom is -0.469 e. The molecular formula is C11H14N2O4. The Morgan fingerprint density at radius 2 is 2.18 bits per heavy atom. The lowest BCUT2D eigenvalue weighted by atomic mass is 10.2. The zero-order valence-electron chi connectivity index (χ0n) is 9.73. The number of hydrogen-bond donors (Lipinski definition) is 1. The maximum atomic E-state index is 11.8. The average Bonchev–Trinajstić information content (AvgIpc) is 2.35. The van der Waals surface area contributed by atoms with Gasteiger partial charge in [0.25, 0.3) is 5.91 Å². The number of esters is 1. The molecule has 0 aliphatic heterocycles. The molecule has 0 aromatic carbocycles. The second kappa shape index (κ2) is 5.83. The van der Waals surface area contributed by atoms with E-state index in [0.29, 0.717) is 0 Å². The highest BCUT2D eigenvalue weighted by atomic mass is 16.5. The van der Waals surface area contributed by atoms with E-state index in [1.165, 1.54) is 37.5 Å². The van der Waals surface area contributed by atoms with E-state index in [1.807, 2.05) is 0 Å². The molecule has 0 atom stereocenters. The lowest BCUT2D eigenvalue weighted by Crippen LogP contribution is -2.32. The standard InChI is InChI=1S/C11H14N2O4/c1-13(6-4-10(15)17-2)11(16)8-7-12-5-3-9(8)14/h3,5,7H,4,6H2,1-2H3,(H,12,14). The Hall–Kier alpha value is -2.11. The zero-order valence-corrected chi connectivity index (χ0v) is 9.73. The smallest absolute Gasteiger partial charge is 0.307 e. The summed E-state index contributed by atoms with van der Waals surface area (Å²) in [5.41, 5.74) is -0.293. The van der Waals surface area contributed by atoms with Gasteiger partial charge in [-0.15, -0.1) is 0 Å². The van der Waals surface area contributed by atoms with Crippen LogP contribution in [0.2, 0.25) is 0 Å². The van der Waals surface area contributed by atoms with Crippen molar-refractivity contribution in [3.63, 3.8) is 0 Å². The van der Waals surface area contributed by atoms with Crippen LogP contribution in [0.3, 0.4) is 0 Å². The fourth-order valence-electron chi connectivity index (χ4n) is 1.25. The van der Waals surface area contributed by atoms with Gasteiger partial charge in [-0.2, -0.15) is 0 Å². The number of carbonyl (C=O) groups excluding carboxylic acids is 2. The molecule has 1 rings (SSSR count). The number of aromatic amines is 1. The van der Waals surface area contributed by atoms with Crippen molar-refractivity contribution in [3.8, 4) is 0 Å². The fourth-order valence-corrected chi connectivity index (χ4v) is 1.25. The van der Waals surface area contributed by atoms with Crippen LogP contribution in [0.25, 0.3) is 0 Å². The van der Waals surface area contributed by atoms with Crippen LogP contribution >= 0.6 is 0 Å². The molecule has 0 saturated carbocycles. The van der Waals surface area contributed by atoms with Gasteiger partial charge in [0.1, 0.15) is 5.56 Å². The van der Waals surface area contributed by atoms with Crippen LogP contribution in [-0.2, 0) is 9.53 Å². The molecule has 1 N–H and O–H groups in total. The summed E-state index contributed by atoms with van der Waals surface area (Å²) in [6, 6.07) is 1.28. The third-order valence-corrected chi connectivity index (χ3v) is 2.28. The summed E-state index contributed by atoms with van der Waals surface area (Å²) in [5.74, 6) is -0.817. The lowest BCUT2D eigenvalue weighted by Gasteiger charge is -2.15. The van der Waals surface area contributed by atoms with Gasteiger partial charge in [-0.3, -0.25) is 14.4 Å². The molecule has 0 unspecified atom stereocenters. The minimum absolute atomic E-state index is 0.0554. The SMILES string of the molecule is COC(=O)CCN(C)C(=O)c1c[nH]ccc1=O. The Labute approximate surface area is 98.2 Å². The van der Waals surface area contributed by atoms with E-state index < -0.39 is 11.9 Å². The molecule has 0 aliphatic rings. The van der Waals surface area contributed by atoms with Gasteiger partial charge in [-0.1, -0.05) is 0 Å². The number of nitrogens with one attached hydrogen (secondary N) is 1. The van der Waals surface area contributed by atoms with Crippen molar-refractivity contribution in [2.75, 3.05) is 20.7 Å². The van der Waals surface area contributed by atoms with Crippen molar-refractivity contribution < 1.29 is 14.3 Å². The largest absolute Gasteiger partial charge is 0.469 e. The predicted molar refractivity (Wildman–Crippen MR) is 60.7 cm³/mol. The summed E-state index contributed by atoms with van der Waals surface area (Å²) in [6.07, 6.45) is 2.90. The summed E-state index contributed by atoms with van der Waals surface area (Å²) in [6.45, 7) is 0.208. The van der Waals surface area contributed by atoms with Crippen molar-refractivity contribution in [1.29, 1.82) is 0 Å². The Morgan fingerprint density at radius 3 is 2.76 bits per heavy atom. The molecule has 0 aliphatic carbocycles. The Bertz CT molecular complexity index is 467. The van der Waals surface area contributed by atoms with E-state index in [1.54, 1.807) is 0 Å². The number of carbonyl (C=O) groups is 2. The molecule has 0 bridgehead atoms. The first kappa shape index (κ1) is 13.0. The summed E-state index contributed by atoms with van der Waals surface area (Å²) in [7, 11) is 2.81. The molecule has 0 saturated heterocycles. The van der Waals surface area contributed by atoms with Crippen LogP contribution in [0, 0.1) is 0 Å². The number of amides is 1. The number of rotatable bonds is 4. The molecule has 1 heterocycles. The molecular weight excluding hydrogens is 224 g/mol. The number of aromatic nitrogens is 1. The van der Waals surface area contributed by atoms with E-state index in [-0.39, 0.29) is 24.0 Å². The van der Waals surface area contributed by atoms with Crippen molar-refractivity contribution >= 4 is 11.9 Å². The summed E-state index contributed by atoms with van der Waals surface area (Å²) in [5, 5.41) is 0. The second-order valence-corrected chi connectivity index (χ2v) is 3.48. The Kier molecular flexibility index (Phi) is 4.45. The van der Waals surface area contributed by atoms with Crippen molar-refractivity contribution in [2.24, 2.45) is 0 Å². The van der Waals surface area contributed by atoms with E-state index >= 15 is 0 Å². The molecule has 1 aromatic rings. The van der Waals surface area contributed by atoms with E-state index in [0.717, 1.165) is 0 Å². The lowest BCUT2D eigenvalue weighted by molar-refractivity contribution is -0.140. The quantitative estimate of drug-likeness (QED) is 0.749. The average molecular weight is 238 g/mol. The topological polar surface area (TPSA) is 79.5 Å². The first-order valence-corrected chi connectivity index (χ1v) is 5.05. The van der Waals surface area contributed by atoms with Gasteiger partial charge < -0.3 is 14.6 Å². The number of hydrogen-bond acceptors (Lipinski definition) is 4. The Balaban J connectivity index is 2.68. The first-order chi connectivity index (χ1) is 8.06. The van der Waals surface area contributed by atoms with Gasteiger partial charge in [0, 0.05) is 32.1 Å².